The maximum atomic E-state index is 13.7. The summed E-state index contributed by atoms with van der Waals surface area (Å²) in [7, 11) is 0. The van der Waals surface area contributed by atoms with Gasteiger partial charge in [0.2, 0.25) is 17.8 Å². The molecule has 9 heteroatoms. The molecule has 6 nitrogen and oxygen atoms in total. The number of halogens is 3. The number of aromatic nitrogens is 2. The number of nitrogens with one attached hydrogen (secondary N) is 1. The predicted molar refractivity (Wildman–Crippen MR) is 125 cm³/mol. The molecule has 3 aromatic rings. The van der Waals surface area contributed by atoms with Gasteiger partial charge in [0, 0.05) is 29.2 Å². The summed E-state index contributed by atoms with van der Waals surface area (Å²) in [6.45, 7) is 5.33. The van der Waals surface area contributed by atoms with Crippen LogP contribution in [0.1, 0.15) is 27.2 Å². The Morgan fingerprint density at radius 1 is 1.16 bits per heavy atom. The Bertz CT molecular complexity index is 1130. The van der Waals surface area contributed by atoms with Gasteiger partial charge in [-0.1, -0.05) is 42.3 Å². The lowest BCUT2D eigenvalue weighted by molar-refractivity contribution is -0.136. The third-order valence-electron chi connectivity index (χ3n) is 4.84. The van der Waals surface area contributed by atoms with Gasteiger partial charge in [0.15, 0.2) is 0 Å². The molecule has 1 N–H and O–H groups in total. The van der Waals surface area contributed by atoms with Crippen molar-refractivity contribution in [1.29, 1.82) is 0 Å². The first-order chi connectivity index (χ1) is 15.2. The quantitative estimate of drug-likeness (QED) is 0.484. The van der Waals surface area contributed by atoms with E-state index in [0.29, 0.717) is 22.8 Å². The zero-order chi connectivity index (χ0) is 23.4. The first-order valence-corrected chi connectivity index (χ1v) is 10.8. The Kier molecular flexibility index (Phi) is 7.53. The Morgan fingerprint density at radius 3 is 2.44 bits per heavy atom. The average Bonchev–Trinajstić information content (AvgIpc) is 3.17. The molecule has 168 valence electrons. The lowest BCUT2D eigenvalue weighted by atomic mass is 10.2. The summed E-state index contributed by atoms with van der Waals surface area (Å²) in [5, 5.41) is 3.30. The van der Waals surface area contributed by atoms with Crippen molar-refractivity contribution in [3.63, 3.8) is 0 Å². The van der Waals surface area contributed by atoms with E-state index >= 15 is 0 Å². The number of nitrogens with zero attached hydrogens (tertiary/aromatic N) is 3. The fourth-order valence-electron chi connectivity index (χ4n) is 3.14. The Balaban J connectivity index is 1.97. The van der Waals surface area contributed by atoms with Crippen LogP contribution in [0.4, 0.5) is 10.3 Å². The van der Waals surface area contributed by atoms with Crippen molar-refractivity contribution in [3.8, 4) is 16.9 Å². The topological polar surface area (TPSA) is 67.2 Å². The first-order valence-electron chi connectivity index (χ1n) is 10.1. The normalized spacial score (nSPS) is 11.0. The van der Waals surface area contributed by atoms with Crippen LogP contribution in [0, 0.1) is 5.82 Å². The highest BCUT2D eigenvalue weighted by Gasteiger charge is 2.21. The fraction of sp³-hybridized carbons (Fsp3) is 0.261. The van der Waals surface area contributed by atoms with Gasteiger partial charge in [0.1, 0.15) is 12.4 Å². The zero-order valence-electron chi connectivity index (χ0n) is 17.9. The van der Waals surface area contributed by atoms with E-state index in [1.165, 1.54) is 23.1 Å². The van der Waals surface area contributed by atoms with Crippen LogP contribution in [0.25, 0.3) is 16.9 Å². The molecular formula is C23H23Cl2FN4O2. The predicted octanol–water partition coefficient (Wildman–Crippen LogP) is 5.57. The van der Waals surface area contributed by atoms with E-state index in [0.717, 1.165) is 5.56 Å². The smallest absolute Gasteiger partial charge is 0.246 e. The van der Waals surface area contributed by atoms with Crippen LogP contribution in [-0.2, 0) is 9.59 Å². The SMILES string of the molecule is CCC(=O)N(CC(=O)Nc1nc(-c2ccc(Cl)cc2)cn1-c1ccc(F)c(Cl)c1)C(C)C. The molecule has 0 saturated heterocycles. The molecule has 0 radical (unpaired) electrons. The molecule has 32 heavy (non-hydrogen) atoms. The molecule has 0 fully saturated rings. The number of anilines is 1. The van der Waals surface area contributed by atoms with Gasteiger partial charge in [-0.3, -0.25) is 19.5 Å². The van der Waals surface area contributed by atoms with Crippen molar-refractivity contribution < 1.29 is 14.0 Å². The van der Waals surface area contributed by atoms with Crippen LogP contribution in [0.15, 0.2) is 48.7 Å². The van der Waals surface area contributed by atoms with E-state index in [-0.39, 0.29) is 29.5 Å². The van der Waals surface area contributed by atoms with E-state index in [1.807, 2.05) is 13.8 Å². The lowest BCUT2D eigenvalue weighted by Crippen LogP contribution is -2.42. The number of hydrogen-bond donors (Lipinski definition) is 1. The van der Waals surface area contributed by atoms with Crippen LogP contribution < -0.4 is 5.32 Å². The minimum Gasteiger partial charge on any atom is -0.331 e. The van der Waals surface area contributed by atoms with Gasteiger partial charge < -0.3 is 4.90 Å². The van der Waals surface area contributed by atoms with E-state index in [4.69, 9.17) is 23.2 Å². The molecule has 1 aromatic heterocycles. The van der Waals surface area contributed by atoms with Crippen LogP contribution in [0.2, 0.25) is 10.0 Å². The molecule has 0 saturated carbocycles. The maximum absolute atomic E-state index is 13.7. The molecule has 0 atom stereocenters. The van der Waals surface area contributed by atoms with Crippen LogP contribution in [0.5, 0.6) is 0 Å². The molecule has 0 spiro atoms. The molecule has 0 unspecified atom stereocenters. The summed E-state index contributed by atoms with van der Waals surface area (Å²) in [5.41, 5.74) is 1.87. The third kappa shape index (κ3) is 5.47. The van der Waals surface area contributed by atoms with Crippen LogP contribution >= 0.6 is 23.2 Å². The minimum absolute atomic E-state index is 0.0546. The van der Waals surface area contributed by atoms with Crippen molar-refractivity contribution in [1.82, 2.24) is 14.5 Å². The molecule has 3 rings (SSSR count). The number of amides is 2. The Morgan fingerprint density at radius 2 is 1.84 bits per heavy atom. The molecular weight excluding hydrogens is 454 g/mol. The number of carbonyl (C=O) groups excluding carboxylic acids is 2. The van der Waals surface area contributed by atoms with Gasteiger partial charge in [-0.25, -0.2) is 9.37 Å². The monoisotopic (exact) mass is 476 g/mol. The maximum Gasteiger partial charge on any atom is 0.246 e. The number of carbonyl (C=O) groups is 2. The van der Waals surface area contributed by atoms with Crippen molar-refractivity contribution >= 4 is 41.0 Å². The molecule has 0 aliphatic heterocycles. The average molecular weight is 477 g/mol. The molecule has 0 aliphatic rings. The Hall–Kier alpha value is -2.90. The highest BCUT2D eigenvalue weighted by Crippen LogP contribution is 2.27. The van der Waals surface area contributed by atoms with Crippen molar-refractivity contribution in [2.75, 3.05) is 11.9 Å². The van der Waals surface area contributed by atoms with Gasteiger partial charge in [0.25, 0.3) is 0 Å². The summed E-state index contributed by atoms with van der Waals surface area (Å²) in [6, 6.07) is 11.2. The van der Waals surface area contributed by atoms with Crippen molar-refractivity contribution in [2.45, 2.75) is 33.2 Å². The molecule has 2 amide bonds. The first kappa shape index (κ1) is 23.8. The molecule has 2 aromatic carbocycles. The fourth-order valence-corrected chi connectivity index (χ4v) is 3.44. The standard InChI is InChI=1S/C23H23Cl2FN4O2/c1-4-22(32)29(14(2)3)13-21(31)28-23-27-20(15-5-7-16(24)8-6-15)12-30(23)17-9-10-19(26)18(25)11-17/h5-12,14H,4,13H2,1-3H3,(H,27,28,31). The van der Waals surface area contributed by atoms with E-state index < -0.39 is 11.7 Å². The van der Waals surface area contributed by atoms with Crippen LogP contribution in [-0.4, -0.2) is 38.9 Å². The third-order valence-corrected chi connectivity index (χ3v) is 5.38. The molecule has 0 aliphatic carbocycles. The Labute approximate surface area is 196 Å². The van der Waals surface area contributed by atoms with Gasteiger partial charge in [-0.2, -0.15) is 0 Å². The van der Waals surface area contributed by atoms with Gasteiger partial charge in [-0.05, 0) is 44.2 Å². The second-order valence-electron chi connectivity index (χ2n) is 7.44. The summed E-state index contributed by atoms with van der Waals surface area (Å²) >= 11 is 11.9. The van der Waals surface area contributed by atoms with Crippen LogP contribution in [0.3, 0.4) is 0 Å². The second-order valence-corrected chi connectivity index (χ2v) is 8.29. The number of benzene rings is 2. The number of hydrogen-bond acceptors (Lipinski definition) is 3. The summed E-state index contributed by atoms with van der Waals surface area (Å²) < 4.78 is 15.3. The lowest BCUT2D eigenvalue weighted by Gasteiger charge is -2.25. The summed E-state index contributed by atoms with van der Waals surface area (Å²) in [5.74, 6) is -0.853. The van der Waals surface area contributed by atoms with E-state index in [1.54, 1.807) is 42.0 Å². The van der Waals surface area contributed by atoms with E-state index in [2.05, 4.69) is 10.3 Å². The van der Waals surface area contributed by atoms with Gasteiger partial charge in [-0.15, -0.1) is 0 Å². The molecule has 1 heterocycles. The van der Waals surface area contributed by atoms with Gasteiger partial charge in [0.05, 0.1) is 16.4 Å². The number of imidazole rings is 1. The number of rotatable bonds is 7. The molecule has 0 bridgehead atoms. The summed E-state index contributed by atoms with van der Waals surface area (Å²) in [6.07, 6.45) is 2.01. The second kappa shape index (κ2) is 10.1. The van der Waals surface area contributed by atoms with Gasteiger partial charge >= 0.3 is 0 Å². The van der Waals surface area contributed by atoms with Crippen molar-refractivity contribution in [3.05, 3.63) is 64.5 Å². The van der Waals surface area contributed by atoms with E-state index in [9.17, 15) is 14.0 Å². The van der Waals surface area contributed by atoms with Crippen molar-refractivity contribution in [2.24, 2.45) is 0 Å². The largest absolute Gasteiger partial charge is 0.331 e. The highest BCUT2D eigenvalue weighted by molar-refractivity contribution is 6.31. The summed E-state index contributed by atoms with van der Waals surface area (Å²) in [4.78, 5) is 31.0. The zero-order valence-corrected chi connectivity index (χ0v) is 19.4. The minimum atomic E-state index is -0.551. The highest BCUT2D eigenvalue weighted by atomic mass is 35.5.